The molecule has 0 spiro atoms. The molecule has 2 heteroatoms. The van der Waals surface area contributed by atoms with E-state index in [1.54, 1.807) is 0 Å². The number of hydrogen-bond acceptors (Lipinski definition) is 2. The Kier molecular flexibility index (Phi) is 3.50. The third-order valence-electron chi connectivity index (χ3n) is 3.71. The Morgan fingerprint density at radius 1 is 1.24 bits per heavy atom. The molecule has 1 aliphatic heterocycles. The molecule has 0 amide bonds. The molecule has 0 fully saturated rings. The van der Waals surface area contributed by atoms with Gasteiger partial charge in [-0.05, 0) is 48.7 Å². The average molecular weight is 275 g/mol. The lowest BCUT2D eigenvalue weighted by atomic mass is 10.0. The molecule has 21 heavy (non-hydrogen) atoms. The van der Waals surface area contributed by atoms with Crippen LogP contribution in [0.2, 0.25) is 0 Å². The van der Waals surface area contributed by atoms with Gasteiger partial charge in [-0.25, -0.2) is 0 Å². The largest absolute Gasteiger partial charge is 0.490 e. The van der Waals surface area contributed by atoms with Crippen LogP contribution in [0.25, 0.3) is 11.6 Å². The second-order valence-corrected chi connectivity index (χ2v) is 5.54. The van der Waals surface area contributed by atoms with Crippen LogP contribution in [-0.4, -0.2) is 6.10 Å². The summed E-state index contributed by atoms with van der Waals surface area (Å²) in [6.45, 7) is 4.11. The molecule has 0 saturated heterocycles. The highest BCUT2D eigenvalue weighted by atomic mass is 16.5. The first-order chi connectivity index (χ1) is 10.2. The van der Waals surface area contributed by atoms with Crippen molar-refractivity contribution in [2.45, 2.75) is 26.4 Å². The molecular weight excluding hydrogens is 258 g/mol. The van der Waals surface area contributed by atoms with E-state index in [1.807, 2.05) is 49.4 Å². The zero-order chi connectivity index (χ0) is 14.8. The van der Waals surface area contributed by atoms with Crippen LogP contribution in [0.1, 0.15) is 29.2 Å². The maximum atomic E-state index is 9.40. The number of benzene rings is 2. The summed E-state index contributed by atoms with van der Waals surface area (Å²) in [5.74, 6) is 0.966. The second-order valence-electron chi connectivity index (χ2n) is 5.54. The summed E-state index contributed by atoms with van der Waals surface area (Å²) in [7, 11) is 0. The van der Waals surface area contributed by atoms with Crippen molar-refractivity contribution in [3.63, 3.8) is 0 Å². The molecule has 2 aromatic carbocycles. The van der Waals surface area contributed by atoms with Crippen LogP contribution in [0.15, 0.2) is 42.5 Å². The van der Waals surface area contributed by atoms with Gasteiger partial charge in [0.15, 0.2) is 0 Å². The van der Waals surface area contributed by atoms with Crippen molar-refractivity contribution in [3.05, 3.63) is 64.7 Å². The van der Waals surface area contributed by atoms with Crippen molar-refractivity contribution in [1.82, 2.24) is 0 Å². The van der Waals surface area contributed by atoms with E-state index in [1.165, 1.54) is 11.1 Å². The summed E-state index contributed by atoms with van der Waals surface area (Å²) in [4.78, 5) is 0. The zero-order valence-electron chi connectivity index (χ0n) is 12.3. The van der Waals surface area contributed by atoms with Gasteiger partial charge in [0, 0.05) is 6.42 Å². The second kappa shape index (κ2) is 5.46. The number of nitriles is 1. The highest BCUT2D eigenvalue weighted by Gasteiger charge is 2.18. The predicted octanol–water partition coefficient (Wildman–Crippen LogP) is 4.38. The zero-order valence-corrected chi connectivity index (χ0v) is 12.3. The molecule has 1 aliphatic rings. The van der Waals surface area contributed by atoms with Crippen LogP contribution in [-0.2, 0) is 6.42 Å². The topological polar surface area (TPSA) is 33.0 Å². The normalized spacial score (nSPS) is 17.0. The van der Waals surface area contributed by atoms with Gasteiger partial charge in [-0.15, -0.1) is 0 Å². The van der Waals surface area contributed by atoms with Crippen LogP contribution in [0.3, 0.4) is 0 Å². The fourth-order valence-electron chi connectivity index (χ4n) is 2.61. The molecule has 3 rings (SSSR count). The molecule has 1 heterocycles. The highest BCUT2D eigenvalue weighted by Crippen LogP contribution is 2.30. The van der Waals surface area contributed by atoms with Crippen molar-refractivity contribution >= 4 is 11.6 Å². The Hall–Kier alpha value is -2.53. The Labute approximate surface area is 125 Å². The minimum atomic E-state index is 0.242. The molecule has 0 aliphatic carbocycles. The molecule has 0 N–H and O–H groups in total. The van der Waals surface area contributed by atoms with Gasteiger partial charge in [0.05, 0.1) is 11.6 Å². The third kappa shape index (κ3) is 2.83. The number of nitrogens with zero attached hydrogens (tertiary/aromatic N) is 1. The van der Waals surface area contributed by atoms with Crippen molar-refractivity contribution < 1.29 is 4.74 Å². The van der Waals surface area contributed by atoms with Crippen LogP contribution < -0.4 is 4.74 Å². The van der Waals surface area contributed by atoms with E-state index in [9.17, 15) is 5.26 Å². The Balaban J connectivity index is 1.95. The Morgan fingerprint density at radius 3 is 2.71 bits per heavy atom. The van der Waals surface area contributed by atoms with Crippen molar-refractivity contribution in [2.75, 3.05) is 0 Å². The lowest BCUT2D eigenvalue weighted by Crippen LogP contribution is -2.05. The molecule has 0 radical (unpaired) electrons. The third-order valence-corrected chi connectivity index (χ3v) is 3.71. The SMILES string of the molecule is Cc1ccc(/C(C#N)=C/c2ccc3c(c2)C[C@H](C)O3)cc1. The minimum absolute atomic E-state index is 0.242. The van der Waals surface area contributed by atoms with Gasteiger partial charge in [-0.3, -0.25) is 0 Å². The molecule has 1 atom stereocenters. The van der Waals surface area contributed by atoms with Crippen LogP contribution in [0, 0.1) is 18.3 Å². The predicted molar refractivity (Wildman–Crippen MR) is 84.9 cm³/mol. The first-order valence-corrected chi connectivity index (χ1v) is 7.14. The molecule has 2 aromatic rings. The van der Waals surface area contributed by atoms with Crippen molar-refractivity contribution in [1.29, 1.82) is 5.26 Å². The fraction of sp³-hybridized carbons (Fsp3) is 0.211. The summed E-state index contributed by atoms with van der Waals surface area (Å²) in [5, 5.41) is 9.40. The molecule has 2 nitrogen and oxygen atoms in total. The first-order valence-electron chi connectivity index (χ1n) is 7.14. The summed E-state index contributed by atoms with van der Waals surface area (Å²) >= 11 is 0. The highest BCUT2D eigenvalue weighted by molar-refractivity contribution is 5.89. The van der Waals surface area contributed by atoms with E-state index in [4.69, 9.17) is 4.74 Å². The summed E-state index contributed by atoms with van der Waals surface area (Å²) in [6.07, 6.45) is 3.11. The first kappa shape index (κ1) is 13.5. The van der Waals surface area contributed by atoms with Crippen molar-refractivity contribution in [3.8, 4) is 11.8 Å². The van der Waals surface area contributed by atoms with E-state index >= 15 is 0 Å². The standard InChI is InChI=1S/C19H17NO/c1-13-3-6-16(7-4-13)18(12-20)11-15-5-8-19-17(10-15)9-14(2)21-19/h3-8,10-11,14H,9H2,1-2H3/b18-11+/t14-/m0/s1. The number of rotatable bonds is 2. The fourth-order valence-corrected chi connectivity index (χ4v) is 2.61. The number of fused-ring (bicyclic) bond motifs is 1. The average Bonchev–Trinajstić information content (AvgIpc) is 2.85. The van der Waals surface area contributed by atoms with E-state index in [-0.39, 0.29) is 6.10 Å². The van der Waals surface area contributed by atoms with E-state index < -0.39 is 0 Å². The number of aryl methyl sites for hydroxylation is 1. The van der Waals surface area contributed by atoms with Gasteiger partial charge >= 0.3 is 0 Å². The van der Waals surface area contributed by atoms with Crippen molar-refractivity contribution in [2.24, 2.45) is 0 Å². The van der Waals surface area contributed by atoms with E-state index in [0.717, 1.165) is 23.3 Å². The lowest BCUT2D eigenvalue weighted by Gasteiger charge is -2.03. The van der Waals surface area contributed by atoms with Crippen LogP contribution in [0.4, 0.5) is 0 Å². The maximum Gasteiger partial charge on any atom is 0.123 e. The molecule has 0 aromatic heterocycles. The Bertz CT molecular complexity index is 735. The van der Waals surface area contributed by atoms with Crippen LogP contribution >= 0.6 is 0 Å². The van der Waals surface area contributed by atoms with Gasteiger partial charge < -0.3 is 4.74 Å². The molecule has 0 bridgehead atoms. The molecular formula is C19H17NO. The smallest absolute Gasteiger partial charge is 0.123 e. The summed E-state index contributed by atoms with van der Waals surface area (Å²) < 4.78 is 5.71. The number of ether oxygens (including phenoxy) is 1. The number of hydrogen-bond donors (Lipinski definition) is 0. The van der Waals surface area contributed by atoms with Gasteiger partial charge in [0.2, 0.25) is 0 Å². The summed E-state index contributed by atoms with van der Waals surface area (Å²) in [5.41, 5.74) is 5.09. The number of allylic oxidation sites excluding steroid dienone is 1. The van der Waals surface area contributed by atoms with E-state index in [2.05, 4.69) is 19.1 Å². The lowest BCUT2D eigenvalue weighted by molar-refractivity contribution is 0.254. The molecule has 0 unspecified atom stereocenters. The van der Waals surface area contributed by atoms with Gasteiger partial charge in [0.1, 0.15) is 11.9 Å². The van der Waals surface area contributed by atoms with Gasteiger partial charge in [0.25, 0.3) is 0 Å². The Morgan fingerprint density at radius 2 is 2.00 bits per heavy atom. The van der Waals surface area contributed by atoms with Gasteiger partial charge in [-0.2, -0.15) is 5.26 Å². The molecule has 0 saturated carbocycles. The summed E-state index contributed by atoms with van der Waals surface area (Å²) in [6, 6.07) is 16.4. The quantitative estimate of drug-likeness (QED) is 0.602. The van der Waals surface area contributed by atoms with E-state index in [0.29, 0.717) is 5.57 Å². The molecule has 104 valence electrons. The van der Waals surface area contributed by atoms with Gasteiger partial charge in [-0.1, -0.05) is 35.9 Å². The maximum absolute atomic E-state index is 9.40. The minimum Gasteiger partial charge on any atom is -0.490 e. The monoisotopic (exact) mass is 275 g/mol. The van der Waals surface area contributed by atoms with Crippen LogP contribution in [0.5, 0.6) is 5.75 Å².